The number of ether oxygens (including phenoxy) is 2. The third kappa shape index (κ3) is 4.87. The summed E-state index contributed by atoms with van der Waals surface area (Å²) in [7, 11) is 3.39. The topological polar surface area (TPSA) is 90.6 Å². The average Bonchev–Trinajstić information content (AvgIpc) is 2.28. The Morgan fingerprint density at radius 3 is 2.88 bits per heavy atom. The number of nitrogen functional groups attached to an aromatic ring is 1. The van der Waals surface area contributed by atoms with Crippen LogP contribution in [0, 0.1) is 5.81 Å². The van der Waals surface area contributed by atoms with Gasteiger partial charge in [-0.2, -0.15) is 0 Å². The predicted octanol–water partition coefficient (Wildman–Crippen LogP) is 0.729. The van der Waals surface area contributed by atoms with Crippen LogP contribution in [0.2, 0.25) is 0 Å². The molecule has 8 heteroatoms. The van der Waals surface area contributed by atoms with E-state index in [0.717, 1.165) is 0 Å². The van der Waals surface area contributed by atoms with Gasteiger partial charge >= 0.3 is 99.4 Å². The average molecular weight is 256 g/mol. The van der Waals surface area contributed by atoms with E-state index in [9.17, 15) is 4.57 Å². The van der Waals surface area contributed by atoms with Crippen molar-refractivity contribution in [2.24, 2.45) is 0 Å². The summed E-state index contributed by atoms with van der Waals surface area (Å²) < 4.78 is 20.0. The van der Waals surface area contributed by atoms with E-state index in [-0.39, 0.29) is 27.1 Å². The summed E-state index contributed by atoms with van der Waals surface area (Å²) in [6.07, 6.45) is 0. The molecule has 0 fully saturated rings. The van der Waals surface area contributed by atoms with Crippen LogP contribution in [-0.4, -0.2) is 37.3 Å². The fourth-order valence-electron chi connectivity index (χ4n) is 0.993. The predicted molar refractivity (Wildman–Crippen MR) is 63.7 cm³/mol. The minimum absolute atomic E-state index is 0.142. The monoisotopic (exact) mass is 256 g/mol. The number of nitrogens with zero attached hydrogens (tertiary/aromatic N) is 3. The van der Waals surface area contributed by atoms with Crippen molar-refractivity contribution >= 4 is 19.7 Å². The van der Waals surface area contributed by atoms with Crippen LogP contribution in [0.15, 0.2) is 6.07 Å². The van der Waals surface area contributed by atoms with Gasteiger partial charge in [-0.3, -0.25) is 0 Å². The van der Waals surface area contributed by atoms with Crippen molar-refractivity contribution < 1.29 is 14.0 Å². The molecule has 0 aliphatic rings. The van der Waals surface area contributed by atoms with E-state index in [1.54, 1.807) is 11.0 Å². The first-order chi connectivity index (χ1) is 8.13. The van der Waals surface area contributed by atoms with E-state index in [0.29, 0.717) is 11.7 Å². The van der Waals surface area contributed by atoms with E-state index in [2.05, 4.69) is 15.8 Å². The van der Waals surface area contributed by atoms with Gasteiger partial charge in [0.05, 0.1) is 0 Å². The van der Waals surface area contributed by atoms with Crippen molar-refractivity contribution in [2.45, 2.75) is 0 Å². The second kappa shape index (κ2) is 6.91. The zero-order valence-corrected chi connectivity index (χ0v) is 10.5. The van der Waals surface area contributed by atoms with Crippen LogP contribution in [0.25, 0.3) is 0 Å². The Balaban J connectivity index is 2.57. The summed E-state index contributed by atoms with van der Waals surface area (Å²) in [6, 6.07) is 1.66. The second-order valence-corrected chi connectivity index (χ2v) is 3.56. The van der Waals surface area contributed by atoms with Crippen LogP contribution in [0.3, 0.4) is 0 Å². The Morgan fingerprint density at radius 2 is 2.24 bits per heavy atom. The van der Waals surface area contributed by atoms with Crippen molar-refractivity contribution in [3.63, 3.8) is 0 Å². The Labute approximate surface area is 100 Å². The molecule has 0 aliphatic carbocycles. The van der Waals surface area contributed by atoms with Crippen LogP contribution >= 0.6 is 7.92 Å². The first-order valence-corrected chi connectivity index (χ1v) is 5.58. The fourth-order valence-corrected chi connectivity index (χ4v) is 1.14. The Morgan fingerprint density at radius 1 is 1.47 bits per heavy atom. The maximum atomic E-state index is 9.98. The van der Waals surface area contributed by atoms with Gasteiger partial charge < -0.3 is 0 Å². The molecule has 0 saturated heterocycles. The summed E-state index contributed by atoms with van der Waals surface area (Å²) in [5, 5.41) is 0. The van der Waals surface area contributed by atoms with Crippen molar-refractivity contribution in [3.8, 4) is 11.7 Å². The molecule has 0 atom stereocenters. The molecule has 1 heterocycles. The Hall–Kier alpha value is -1.55. The third-order valence-electron chi connectivity index (χ3n) is 1.70. The molecule has 1 aromatic rings. The van der Waals surface area contributed by atoms with E-state index < -0.39 is 0 Å². The van der Waals surface area contributed by atoms with Crippen molar-refractivity contribution in [2.75, 3.05) is 37.9 Å². The van der Waals surface area contributed by atoms with Gasteiger partial charge in [0.15, 0.2) is 0 Å². The number of aromatic nitrogens is 2. The van der Waals surface area contributed by atoms with Gasteiger partial charge in [-0.05, 0) is 0 Å². The molecule has 7 nitrogen and oxygen atoms in total. The molecule has 0 spiro atoms. The normalized spacial score (nSPS) is 9.53. The number of hydrogen-bond donors (Lipinski definition) is 1. The maximum absolute atomic E-state index is 9.98. The van der Waals surface area contributed by atoms with Crippen LogP contribution in [0.4, 0.5) is 11.8 Å². The molecule has 17 heavy (non-hydrogen) atoms. The molecule has 92 valence electrons. The van der Waals surface area contributed by atoms with E-state index in [1.807, 2.05) is 14.1 Å². The quantitative estimate of drug-likeness (QED) is 0.613. The molecule has 0 unspecified atom stereocenters. The molecule has 0 aliphatic heterocycles. The van der Waals surface area contributed by atoms with E-state index >= 15 is 0 Å². The molecule has 0 aromatic carbocycles. The number of anilines is 2. The zero-order chi connectivity index (χ0) is 12.7. The summed E-state index contributed by atoms with van der Waals surface area (Å²) in [5.41, 5.74) is 5.53. The first kappa shape index (κ1) is 13.5. The number of nitrogens with two attached hydrogens (primary N) is 1. The van der Waals surface area contributed by atoms with Crippen molar-refractivity contribution in [1.29, 1.82) is 0 Å². The molecule has 1 aromatic heterocycles. The van der Waals surface area contributed by atoms with Crippen LogP contribution in [0.5, 0.6) is 5.88 Å². The van der Waals surface area contributed by atoms with Crippen molar-refractivity contribution in [1.82, 2.24) is 9.97 Å². The molecule has 0 bridgehead atoms. The van der Waals surface area contributed by atoms with E-state index in [1.165, 1.54) is 0 Å². The Kier molecular flexibility index (Phi) is 5.49. The zero-order valence-electron chi connectivity index (χ0n) is 9.58. The second-order valence-electron chi connectivity index (χ2n) is 3.20. The number of rotatable bonds is 5. The third-order valence-corrected chi connectivity index (χ3v) is 1.91. The summed E-state index contributed by atoms with van der Waals surface area (Å²) in [5.74, 6) is 3.31. The summed E-state index contributed by atoms with van der Waals surface area (Å²) in [4.78, 5) is 9.72. The molecule has 0 amide bonds. The van der Waals surface area contributed by atoms with Gasteiger partial charge in [-0.25, -0.2) is 0 Å². The summed E-state index contributed by atoms with van der Waals surface area (Å²) >= 11 is 0. The molecule has 1 rings (SSSR count). The molecule has 2 N–H and O–H groups in total. The molecular weight excluding hydrogens is 243 g/mol. The van der Waals surface area contributed by atoms with Gasteiger partial charge in [0.1, 0.15) is 0 Å². The van der Waals surface area contributed by atoms with Gasteiger partial charge in [-0.1, -0.05) is 0 Å². The van der Waals surface area contributed by atoms with Crippen molar-refractivity contribution in [3.05, 3.63) is 6.07 Å². The van der Waals surface area contributed by atoms with Gasteiger partial charge in [0.2, 0.25) is 0 Å². The van der Waals surface area contributed by atoms with Crippen LogP contribution in [-0.2, 0) is 9.30 Å². The minimum atomic E-state index is -0.288. The van der Waals surface area contributed by atoms with Crippen LogP contribution in [0.1, 0.15) is 0 Å². The van der Waals surface area contributed by atoms with Gasteiger partial charge in [-0.15, -0.1) is 0 Å². The Bertz CT molecular complexity index is 474. The molecule has 0 saturated carbocycles. The summed E-state index contributed by atoms with van der Waals surface area (Å²) in [6.45, 7) is 0.488. The standard InChI is InChI=1S/C9H13N4O3P/c1-13(2)7-5-8(12-9(10)11-7)16-4-3-15-6-17-14/h5H,3-4H2,1-2H3,(H2,10,11,12). The number of hydrogen-bond acceptors (Lipinski definition) is 7. The molecule has 0 radical (unpaired) electrons. The van der Waals surface area contributed by atoms with Crippen LogP contribution < -0.4 is 15.4 Å². The van der Waals surface area contributed by atoms with Gasteiger partial charge in [0.25, 0.3) is 0 Å². The fraction of sp³-hybridized carbons (Fsp3) is 0.444. The SMILES string of the molecule is CN(C)c1cc(OCCOC#P=O)nc(N)n1. The van der Waals surface area contributed by atoms with Gasteiger partial charge in [0, 0.05) is 0 Å². The first-order valence-electron chi connectivity index (χ1n) is 4.77. The van der Waals surface area contributed by atoms with E-state index in [4.69, 9.17) is 15.2 Å². The molecular formula is C9H13N4O3P.